The Bertz CT molecular complexity index is 513. The molecule has 1 rings (SSSR count). The van der Waals surface area contributed by atoms with Gasteiger partial charge in [-0.2, -0.15) is 0 Å². The summed E-state index contributed by atoms with van der Waals surface area (Å²) in [6.07, 6.45) is -0.572. The lowest BCUT2D eigenvalue weighted by Crippen LogP contribution is -2.43. The summed E-state index contributed by atoms with van der Waals surface area (Å²) in [5.74, 6) is 3.43. The highest BCUT2D eigenvalue weighted by molar-refractivity contribution is 6.90. The fourth-order valence-electron chi connectivity index (χ4n) is 3.66. The van der Waals surface area contributed by atoms with Crippen LogP contribution < -0.4 is 0 Å². The molecule has 0 saturated carbocycles. The third-order valence-electron chi connectivity index (χ3n) is 4.91. The first kappa shape index (κ1) is 20.0. The van der Waals surface area contributed by atoms with Crippen LogP contribution in [0.2, 0.25) is 16.6 Å². The van der Waals surface area contributed by atoms with E-state index in [4.69, 9.17) is 4.74 Å². The summed E-state index contributed by atoms with van der Waals surface area (Å²) in [4.78, 5) is 0. The number of ether oxygens (including phenoxy) is 1. The molecule has 129 valence electrons. The smallest absolute Gasteiger partial charge is 0.102 e. The van der Waals surface area contributed by atoms with Crippen molar-refractivity contribution in [2.45, 2.75) is 64.3 Å². The van der Waals surface area contributed by atoms with Gasteiger partial charge in [0.05, 0.1) is 6.61 Å². The zero-order valence-electron chi connectivity index (χ0n) is 15.7. The SMILES string of the molecule is COCC(O)c1ccc(C#C[Si-](C(C)C)(C(C)C)C(C)C)cc1. The number of rotatable bonds is 6. The fourth-order valence-corrected chi connectivity index (χ4v) is 8.88. The van der Waals surface area contributed by atoms with Gasteiger partial charge in [0.1, 0.15) is 6.10 Å². The number of aliphatic hydroxyl groups excluding tert-OH is 1. The number of aliphatic hydroxyl groups is 1. The lowest BCUT2D eigenvalue weighted by Gasteiger charge is -2.50. The molecule has 0 heterocycles. The highest BCUT2D eigenvalue weighted by Gasteiger charge is 2.28. The van der Waals surface area contributed by atoms with Gasteiger partial charge < -0.3 is 9.84 Å². The lowest BCUT2D eigenvalue weighted by atomic mass is 10.1. The minimum atomic E-state index is -1.69. The van der Waals surface area contributed by atoms with Crippen molar-refractivity contribution in [2.24, 2.45) is 0 Å². The van der Waals surface area contributed by atoms with Gasteiger partial charge in [-0.05, 0) is 17.7 Å². The topological polar surface area (TPSA) is 29.5 Å². The molecule has 1 N–H and O–H groups in total. The monoisotopic (exact) mass is 332 g/mol. The first-order chi connectivity index (χ1) is 10.8. The first-order valence-electron chi connectivity index (χ1n) is 8.55. The standard InChI is InChI=1S/C20H32O2Si/c1-15(2)23(16(3)4,17(5)6)13-12-18-8-10-19(11-9-18)20(21)14-22-7/h8-11,15-17,20-21H,14H2,1-7H3/q-1. The van der Waals surface area contributed by atoms with Crippen molar-refractivity contribution in [3.8, 4) is 11.5 Å². The average molecular weight is 333 g/mol. The van der Waals surface area contributed by atoms with Crippen LogP contribution in [0.3, 0.4) is 0 Å². The summed E-state index contributed by atoms with van der Waals surface area (Å²) < 4.78 is 4.99. The van der Waals surface area contributed by atoms with E-state index in [1.54, 1.807) is 7.11 Å². The van der Waals surface area contributed by atoms with Crippen LogP contribution in [0.4, 0.5) is 0 Å². The number of hydrogen-bond donors (Lipinski definition) is 1. The Balaban J connectivity index is 3.08. The van der Waals surface area contributed by atoms with E-state index < -0.39 is 14.2 Å². The molecule has 0 bridgehead atoms. The van der Waals surface area contributed by atoms with Gasteiger partial charge >= 0.3 is 0 Å². The Morgan fingerprint density at radius 2 is 1.43 bits per heavy atom. The summed E-state index contributed by atoms with van der Waals surface area (Å²) in [5.41, 5.74) is 7.53. The predicted octanol–water partition coefficient (Wildman–Crippen LogP) is 4.94. The molecule has 1 unspecified atom stereocenters. The molecule has 0 spiro atoms. The molecule has 0 amide bonds. The van der Waals surface area contributed by atoms with Gasteiger partial charge in [0.2, 0.25) is 0 Å². The summed E-state index contributed by atoms with van der Waals surface area (Å²) >= 11 is 0. The van der Waals surface area contributed by atoms with Crippen LogP contribution in [0.25, 0.3) is 0 Å². The molecule has 23 heavy (non-hydrogen) atoms. The molecule has 0 aliphatic carbocycles. The molecule has 0 aliphatic heterocycles. The van der Waals surface area contributed by atoms with Gasteiger partial charge in [-0.3, -0.25) is 5.54 Å². The molecule has 1 atom stereocenters. The molecule has 1 aromatic carbocycles. The molecule has 1 aromatic rings. The number of hydrogen-bond acceptors (Lipinski definition) is 2. The molecular formula is C20H32O2Si-. The predicted molar refractivity (Wildman–Crippen MR) is 101 cm³/mol. The Morgan fingerprint density at radius 3 is 1.83 bits per heavy atom. The second kappa shape index (κ2) is 8.68. The van der Waals surface area contributed by atoms with Crippen molar-refractivity contribution in [2.75, 3.05) is 13.7 Å². The third kappa shape index (κ3) is 4.70. The maximum atomic E-state index is 9.93. The van der Waals surface area contributed by atoms with Crippen LogP contribution in [-0.2, 0) is 4.74 Å². The van der Waals surface area contributed by atoms with Crippen LogP contribution in [0.15, 0.2) is 24.3 Å². The highest BCUT2D eigenvalue weighted by Crippen LogP contribution is 2.40. The maximum absolute atomic E-state index is 9.93. The van der Waals surface area contributed by atoms with Crippen LogP contribution in [0, 0.1) is 11.5 Å². The minimum Gasteiger partial charge on any atom is -0.386 e. The van der Waals surface area contributed by atoms with E-state index >= 15 is 0 Å². The van der Waals surface area contributed by atoms with Gasteiger partial charge in [-0.15, -0.1) is 22.5 Å². The number of benzene rings is 1. The molecule has 3 heteroatoms. The molecule has 2 nitrogen and oxygen atoms in total. The van der Waals surface area contributed by atoms with Crippen molar-refractivity contribution in [1.82, 2.24) is 0 Å². The van der Waals surface area contributed by atoms with Crippen molar-refractivity contribution in [1.29, 1.82) is 0 Å². The van der Waals surface area contributed by atoms with Crippen LogP contribution in [0.1, 0.15) is 58.8 Å². The Labute approximate surface area is 143 Å². The van der Waals surface area contributed by atoms with Crippen molar-refractivity contribution in [3.63, 3.8) is 0 Å². The van der Waals surface area contributed by atoms with Crippen molar-refractivity contribution < 1.29 is 9.84 Å². The molecule has 0 aliphatic rings. The minimum absolute atomic E-state index is 0.315. The van der Waals surface area contributed by atoms with Crippen molar-refractivity contribution >= 4 is 8.07 Å². The second-order valence-corrected chi connectivity index (χ2v) is 12.8. The fraction of sp³-hybridized carbons (Fsp3) is 0.600. The molecule has 0 fully saturated rings. The van der Waals surface area contributed by atoms with Gasteiger partial charge in [-0.25, -0.2) is 0 Å². The van der Waals surface area contributed by atoms with E-state index in [1.165, 1.54) is 0 Å². The lowest BCUT2D eigenvalue weighted by molar-refractivity contribution is 0.0644. The summed E-state index contributed by atoms with van der Waals surface area (Å²) in [6, 6.07) is 7.89. The number of methoxy groups -OCH3 is 1. The Hall–Kier alpha value is -1.08. The van der Waals surface area contributed by atoms with Gasteiger partial charge in [-0.1, -0.05) is 61.7 Å². The van der Waals surface area contributed by atoms with Gasteiger partial charge in [0.25, 0.3) is 0 Å². The van der Waals surface area contributed by atoms with E-state index in [-0.39, 0.29) is 0 Å². The largest absolute Gasteiger partial charge is 0.386 e. The molecule has 0 aromatic heterocycles. The molecule has 0 radical (unpaired) electrons. The quantitative estimate of drug-likeness (QED) is 0.591. The molecule has 0 saturated heterocycles. The Morgan fingerprint density at radius 1 is 0.957 bits per heavy atom. The normalized spacial score (nSPS) is 13.3. The van der Waals surface area contributed by atoms with Crippen LogP contribution in [0.5, 0.6) is 0 Å². The third-order valence-corrected chi connectivity index (χ3v) is 11.2. The van der Waals surface area contributed by atoms with E-state index in [9.17, 15) is 5.11 Å². The summed E-state index contributed by atoms with van der Waals surface area (Å²) in [7, 11) is -0.0947. The summed E-state index contributed by atoms with van der Waals surface area (Å²) in [6.45, 7) is 14.3. The van der Waals surface area contributed by atoms with Crippen LogP contribution >= 0.6 is 0 Å². The second-order valence-electron chi connectivity index (χ2n) is 7.24. The van der Waals surface area contributed by atoms with Crippen LogP contribution in [-0.4, -0.2) is 26.9 Å². The maximum Gasteiger partial charge on any atom is 0.102 e. The summed E-state index contributed by atoms with van der Waals surface area (Å²) in [5, 5.41) is 9.93. The van der Waals surface area contributed by atoms with Gasteiger partial charge in [0.15, 0.2) is 0 Å². The highest BCUT2D eigenvalue weighted by atomic mass is 28.3. The first-order valence-corrected chi connectivity index (χ1v) is 10.8. The molecular weight excluding hydrogens is 300 g/mol. The van der Waals surface area contributed by atoms with E-state index in [1.807, 2.05) is 24.3 Å². The Kier molecular flexibility index (Phi) is 7.53. The van der Waals surface area contributed by atoms with E-state index in [2.05, 4.69) is 53.0 Å². The zero-order chi connectivity index (χ0) is 17.6. The zero-order valence-corrected chi connectivity index (χ0v) is 16.7. The van der Waals surface area contributed by atoms with E-state index in [0.717, 1.165) is 11.1 Å². The average Bonchev–Trinajstić information content (AvgIpc) is 2.47. The van der Waals surface area contributed by atoms with Gasteiger partial charge in [0, 0.05) is 12.7 Å². The van der Waals surface area contributed by atoms with Crippen molar-refractivity contribution in [3.05, 3.63) is 35.4 Å². The van der Waals surface area contributed by atoms with E-state index in [0.29, 0.717) is 23.2 Å².